The third-order valence-electron chi connectivity index (χ3n) is 2.50. The molecule has 1 saturated heterocycles. The average Bonchev–Trinajstić information content (AvgIpc) is 2.61. The fraction of sp³-hybridized carbons (Fsp3) is 0.700. The lowest BCUT2D eigenvalue weighted by Crippen LogP contribution is -2.34. The number of hydrogen-bond acceptors (Lipinski definition) is 4. The maximum absolute atomic E-state index is 9.01. The van der Waals surface area contributed by atoms with Crippen LogP contribution in [0.5, 0.6) is 0 Å². The molecule has 0 N–H and O–H groups in total. The Morgan fingerprint density at radius 1 is 1.50 bits per heavy atom. The van der Waals surface area contributed by atoms with Crippen molar-refractivity contribution < 1.29 is 4.74 Å². The molecule has 0 spiro atoms. The van der Waals surface area contributed by atoms with E-state index in [0.717, 1.165) is 38.3 Å². The van der Waals surface area contributed by atoms with Crippen molar-refractivity contribution in [1.29, 1.82) is 5.26 Å². The van der Waals surface area contributed by atoms with E-state index in [4.69, 9.17) is 10.00 Å². The lowest BCUT2D eigenvalue weighted by molar-refractivity contribution is 0.0575. The van der Waals surface area contributed by atoms with Gasteiger partial charge in [0.25, 0.3) is 0 Å². The molecule has 0 aromatic heterocycles. The second kappa shape index (κ2) is 4.24. The van der Waals surface area contributed by atoms with Gasteiger partial charge in [0.15, 0.2) is 0 Å². The van der Waals surface area contributed by atoms with Gasteiger partial charge in [0.2, 0.25) is 0 Å². The van der Waals surface area contributed by atoms with Crippen molar-refractivity contribution in [3.8, 4) is 6.07 Å². The van der Waals surface area contributed by atoms with Gasteiger partial charge in [-0.05, 0) is 6.42 Å². The summed E-state index contributed by atoms with van der Waals surface area (Å²) in [5, 5.41) is 10.8. The van der Waals surface area contributed by atoms with Crippen LogP contribution in [0, 0.1) is 11.3 Å². The Labute approximate surface area is 88.7 Å². The summed E-state index contributed by atoms with van der Waals surface area (Å²) in [5.74, 6) is 0. The van der Waals surface area contributed by atoms with Gasteiger partial charge in [-0.15, -0.1) is 11.8 Å². The van der Waals surface area contributed by atoms with Crippen molar-refractivity contribution >= 4 is 11.8 Å². The van der Waals surface area contributed by atoms with Gasteiger partial charge in [-0.1, -0.05) is 6.92 Å². The van der Waals surface area contributed by atoms with Gasteiger partial charge in [0, 0.05) is 18.3 Å². The minimum Gasteiger partial charge on any atom is -0.378 e. The first-order valence-corrected chi connectivity index (χ1v) is 5.82. The maximum Gasteiger partial charge on any atom is 0.0975 e. The van der Waals surface area contributed by atoms with E-state index in [1.165, 1.54) is 5.03 Å². The van der Waals surface area contributed by atoms with Crippen LogP contribution in [0.3, 0.4) is 0 Å². The molecule has 2 aliphatic rings. The zero-order valence-electron chi connectivity index (χ0n) is 8.32. The molecular formula is C10H14N2OS. The molecule has 76 valence electrons. The van der Waals surface area contributed by atoms with Crippen LogP contribution in [0.4, 0.5) is 0 Å². The van der Waals surface area contributed by atoms with Crippen molar-refractivity contribution in [2.24, 2.45) is 0 Å². The molecule has 0 bridgehead atoms. The first kappa shape index (κ1) is 9.88. The van der Waals surface area contributed by atoms with Gasteiger partial charge in [-0.2, -0.15) is 5.26 Å². The highest BCUT2D eigenvalue weighted by molar-refractivity contribution is 8.03. The van der Waals surface area contributed by atoms with Gasteiger partial charge in [0.1, 0.15) is 0 Å². The standard InChI is InChI=1S/C10H14N2OS/c1-8-6-9(7-11)10(14-8)12-2-4-13-5-3-12/h8H,2-6H2,1H3. The third-order valence-corrected chi connectivity index (χ3v) is 3.79. The van der Waals surface area contributed by atoms with Crippen molar-refractivity contribution in [2.75, 3.05) is 26.3 Å². The number of morpholine rings is 1. The smallest absolute Gasteiger partial charge is 0.0975 e. The Kier molecular flexibility index (Phi) is 2.99. The van der Waals surface area contributed by atoms with Crippen LogP contribution in [-0.4, -0.2) is 36.5 Å². The van der Waals surface area contributed by atoms with Crippen molar-refractivity contribution in [2.45, 2.75) is 18.6 Å². The molecule has 3 nitrogen and oxygen atoms in total. The average molecular weight is 210 g/mol. The highest BCUT2D eigenvalue weighted by Gasteiger charge is 2.26. The molecule has 2 heterocycles. The van der Waals surface area contributed by atoms with Crippen LogP contribution in [0.1, 0.15) is 13.3 Å². The van der Waals surface area contributed by atoms with Crippen LogP contribution >= 0.6 is 11.8 Å². The molecule has 1 fully saturated rings. The topological polar surface area (TPSA) is 36.3 Å². The largest absolute Gasteiger partial charge is 0.378 e. The summed E-state index contributed by atoms with van der Waals surface area (Å²) in [6, 6.07) is 2.32. The Bertz CT molecular complexity index is 289. The molecule has 0 aromatic rings. The molecule has 0 aromatic carbocycles. The van der Waals surface area contributed by atoms with Gasteiger partial charge < -0.3 is 9.64 Å². The second-order valence-electron chi connectivity index (χ2n) is 3.63. The quantitative estimate of drug-likeness (QED) is 0.658. The van der Waals surface area contributed by atoms with Crippen LogP contribution in [0.15, 0.2) is 10.6 Å². The normalized spacial score (nSPS) is 28.0. The molecular weight excluding hydrogens is 196 g/mol. The molecule has 0 aliphatic carbocycles. The predicted octanol–water partition coefficient (Wildman–Crippen LogP) is 1.58. The zero-order chi connectivity index (χ0) is 9.97. The number of nitriles is 1. The minimum absolute atomic E-state index is 0.558. The third kappa shape index (κ3) is 1.89. The van der Waals surface area contributed by atoms with Crippen LogP contribution in [-0.2, 0) is 4.74 Å². The lowest BCUT2D eigenvalue weighted by Gasteiger charge is -2.29. The highest BCUT2D eigenvalue weighted by Crippen LogP contribution is 2.39. The summed E-state index contributed by atoms with van der Waals surface area (Å²) in [5.41, 5.74) is 0.962. The number of allylic oxidation sites excluding steroid dienone is 1. The molecule has 0 saturated carbocycles. The zero-order valence-corrected chi connectivity index (χ0v) is 9.14. The predicted molar refractivity (Wildman–Crippen MR) is 56.7 cm³/mol. The summed E-state index contributed by atoms with van der Waals surface area (Å²) in [7, 11) is 0. The van der Waals surface area contributed by atoms with E-state index in [1.54, 1.807) is 0 Å². The SMILES string of the molecule is CC1CC(C#N)=C(N2CCOCC2)S1. The van der Waals surface area contributed by atoms with Gasteiger partial charge in [-0.3, -0.25) is 0 Å². The number of rotatable bonds is 1. The lowest BCUT2D eigenvalue weighted by atomic mass is 10.2. The van der Waals surface area contributed by atoms with Gasteiger partial charge in [-0.25, -0.2) is 0 Å². The number of ether oxygens (including phenoxy) is 1. The molecule has 1 atom stereocenters. The molecule has 2 rings (SSSR count). The number of thioether (sulfide) groups is 1. The Balaban J connectivity index is 2.11. The Hall–Kier alpha value is -0.660. The van der Waals surface area contributed by atoms with Crippen molar-refractivity contribution in [3.05, 3.63) is 10.6 Å². The highest BCUT2D eigenvalue weighted by atomic mass is 32.2. The summed E-state index contributed by atoms with van der Waals surface area (Å²) >= 11 is 1.83. The molecule has 4 heteroatoms. The van der Waals surface area contributed by atoms with E-state index in [9.17, 15) is 0 Å². The fourth-order valence-electron chi connectivity index (χ4n) is 1.80. The molecule has 0 amide bonds. The summed E-state index contributed by atoms with van der Waals surface area (Å²) in [6.45, 7) is 5.62. The monoisotopic (exact) mass is 210 g/mol. The van der Waals surface area contributed by atoms with Gasteiger partial charge >= 0.3 is 0 Å². The van der Waals surface area contributed by atoms with Crippen LogP contribution in [0.2, 0.25) is 0 Å². The van der Waals surface area contributed by atoms with Gasteiger partial charge in [0.05, 0.1) is 29.9 Å². The van der Waals surface area contributed by atoms with E-state index < -0.39 is 0 Å². The Morgan fingerprint density at radius 3 is 2.86 bits per heavy atom. The van der Waals surface area contributed by atoms with E-state index in [0.29, 0.717) is 5.25 Å². The number of hydrogen-bond donors (Lipinski definition) is 0. The summed E-state index contributed by atoms with van der Waals surface area (Å²) < 4.78 is 5.30. The van der Waals surface area contributed by atoms with E-state index in [1.807, 2.05) is 11.8 Å². The first-order chi connectivity index (χ1) is 6.81. The molecule has 0 radical (unpaired) electrons. The van der Waals surface area contributed by atoms with Crippen molar-refractivity contribution in [1.82, 2.24) is 4.90 Å². The fourth-order valence-corrected chi connectivity index (χ4v) is 3.04. The van der Waals surface area contributed by atoms with E-state index in [-0.39, 0.29) is 0 Å². The van der Waals surface area contributed by atoms with E-state index in [2.05, 4.69) is 17.9 Å². The molecule has 1 unspecified atom stereocenters. The summed E-state index contributed by atoms with van der Waals surface area (Å²) in [4.78, 5) is 2.29. The van der Waals surface area contributed by atoms with Crippen LogP contribution < -0.4 is 0 Å². The van der Waals surface area contributed by atoms with E-state index >= 15 is 0 Å². The van der Waals surface area contributed by atoms with Crippen LogP contribution in [0.25, 0.3) is 0 Å². The summed E-state index contributed by atoms with van der Waals surface area (Å²) in [6.07, 6.45) is 0.924. The second-order valence-corrected chi connectivity index (χ2v) is 5.05. The molecule has 14 heavy (non-hydrogen) atoms. The van der Waals surface area contributed by atoms with Crippen molar-refractivity contribution in [3.63, 3.8) is 0 Å². The molecule has 2 aliphatic heterocycles. The first-order valence-electron chi connectivity index (χ1n) is 4.94. The Morgan fingerprint density at radius 2 is 2.21 bits per heavy atom. The number of nitrogens with zero attached hydrogens (tertiary/aromatic N) is 2. The minimum atomic E-state index is 0.558. The maximum atomic E-state index is 9.01.